The number of nitrogens with zero attached hydrogens (tertiary/aromatic N) is 2. The van der Waals surface area contributed by atoms with Crippen molar-refractivity contribution in [3.63, 3.8) is 0 Å². The number of benzene rings is 3. The zero-order valence-corrected chi connectivity index (χ0v) is 17.6. The Labute approximate surface area is 180 Å². The number of rotatable bonds is 8. The fraction of sp³-hybridized carbons (Fsp3) is 0.136. The quantitative estimate of drug-likeness (QED) is 0.422. The third kappa shape index (κ3) is 5.07. The minimum Gasteiger partial charge on any atom is -0.324 e. The first-order valence-electron chi connectivity index (χ1n) is 9.53. The van der Waals surface area contributed by atoms with Gasteiger partial charge in [-0.1, -0.05) is 43.3 Å². The lowest BCUT2D eigenvalue weighted by Gasteiger charge is -2.24. The summed E-state index contributed by atoms with van der Waals surface area (Å²) in [5, 5.41) is 13.7. The lowest BCUT2D eigenvalue weighted by molar-refractivity contribution is -0.384. The number of nitrogens with one attached hydrogen (secondary N) is 1. The molecular weight excluding hydrogens is 418 g/mol. The maximum absolute atomic E-state index is 13.3. The van der Waals surface area contributed by atoms with Gasteiger partial charge in [-0.15, -0.1) is 0 Å². The minimum atomic E-state index is -4.09. The predicted molar refractivity (Wildman–Crippen MR) is 119 cm³/mol. The summed E-state index contributed by atoms with van der Waals surface area (Å²) >= 11 is 0. The molecule has 0 fully saturated rings. The van der Waals surface area contributed by atoms with E-state index in [0.29, 0.717) is 12.1 Å². The predicted octanol–water partition coefficient (Wildman–Crippen LogP) is 3.99. The fourth-order valence-corrected chi connectivity index (χ4v) is 4.49. The zero-order chi connectivity index (χ0) is 22.4. The summed E-state index contributed by atoms with van der Waals surface area (Å²) in [6.45, 7) is 1.46. The van der Waals surface area contributed by atoms with Crippen molar-refractivity contribution < 1.29 is 18.1 Å². The number of sulfonamides is 1. The lowest BCUT2D eigenvalue weighted by atomic mass is 10.1. The molecule has 0 unspecified atom stereocenters. The van der Waals surface area contributed by atoms with E-state index in [4.69, 9.17) is 0 Å². The molecule has 0 bridgehead atoms. The first-order valence-corrected chi connectivity index (χ1v) is 11.0. The third-order valence-electron chi connectivity index (χ3n) is 4.64. The second-order valence-electron chi connectivity index (χ2n) is 6.66. The second-order valence-corrected chi connectivity index (χ2v) is 8.52. The van der Waals surface area contributed by atoms with Crippen LogP contribution in [0.25, 0.3) is 0 Å². The Morgan fingerprint density at radius 1 is 0.968 bits per heavy atom. The Bertz CT molecular complexity index is 1180. The van der Waals surface area contributed by atoms with Gasteiger partial charge >= 0.3 is 0 Å². The molecule has 1 N–H and O–H groups in total. The molecular formula is C22H21N3O5S. The van der Waals surface area contributed by atoms with Crippen molar-refractivity contribution in [2.24, 2.45) is 0 Å². The van der Waals surface area contributed by atoms with E-state index < -0.39 is 27.4 Å². The minimum absolute atomic E-state index is 0.00936. The van der Waals surface area contributed by atoms with Crippen LogP contribution in [0.3, 0.4) is 0 Å². The van der Waals surface area contributed by atoms with Gasteiger partial charge in [0.25, 0.3) is 15.7 Å². The molecule has 0 aliphatic rings. The largest absolute Gasteiger partial charge is 0.324 e. The number of carbonyl (C=O) groups excluding carboxylic acids is 1. The number of para-hydroxylation sites is 1. The van der Waals surface area contributed by atoms with Crippen molar-refractivity contribution in [2.45, 2.75) is 18.2 Å². The van der Waals surface area contributed by atoms with E-state index >= 15 is 0 Å². The Kier molecular flexibility index (Phi) is 6.66. The van der Waals surface area contributed by atoms with Gasteiger partial charge in [-0.2, -0.15) is 0 Å². The van der Waals surface area contributed by atoms with Crippen LogP contribution < -0.4 is 9.62 Å². The topological polar surface area (TPSA) is 110 Å². The van der Waals surface area contributed by atoms with E-state index in [0.717, 1.165) is 9.87 Å². The standard InChI is InChI=1S/C22H21N3O5S/c1-2-17-8-6-7-11-21(17)23-22(26)16-24(18-12-14-19(15-13-18)25(27)28)31(29,30)20-9-4-3-5-10-20/h3-15H,2,16H2,1H3,(H,23,26). The molecule has 0 aliphatic carbocycles. The molecule has 1 amide bonds. The van der Waals surface area contributed by atoms with Crippen LogP contribution in [0.4, 0.5) is 17.1 Å². The maximum atomic E-state index is 13.3. The molecule has 31 heavy (non-hydrogen) atoms. The van der Waals surface area contributed by atoms with Crippen LogP contribution in [-0.2, 0) is 21.2 Å². The Balaban J connectivity index is 1.96. The van der Waals surface area contributed by atoms with E-state index in [-0.39, 0.29) is 16.3 Å². The average molecular weight is 439 g/mol. The molecule has 0 spiro atoms. The van der Waals surface area contributed by atoms with Gasteiger partial charge in [0.05, 0.1) is 15.5 Å². The van der Waals surface area contributed by atoms with Crippen molar-refractivity contribution in [2.75, 3.05) is 16.2 Å². The van der Waals surface area contributed by atoms with Gasteiger partial charge in [-0.05, 0) is 42.3 Å². The second kappa shape index (κ2) is 9.40. The Hall–Kier alpha value is -3.72. The third-order valence-corrected chi connectivity index (χ3v) is 6.43. The Morgan fingerprint density at radius 3 is 2.19 bits per heavy atom. The molecule has 3 rings (SSSR count). The SMILES string of the molecule is CCc1ccccc1NC(=O)CN(c1ccc([N+](=O)[O-])cc1)S(=O)(=O)c1ccccc1. The molecule has 160 valence electrons. The van der Waals surface area contributed by atoms with Crippen molar-refractivity contribution in [1.29, 1.82) is 0 Å². The average Bonchev–Trinajstić information content (AvgIpc) is 2.78. The fourth-order valence-electron chi connectivity index (χ4n) is 3.05. The normalized spacial score (nSPS) is 11.0. The van der Waals surface area contributed by atoms with Gasteiger partial charge < -0.3 is 5.32 Å². The van der Waals surface area contributed by atoms with Gasteiger partial charge in [0.1, 0.15) is 6.54 Å². The number of carbonyl (C=O) groups is 1. The van der Waals surface area contributed by atoms with E-state index in [1.165, 1.54) is 36.4 Å². The highest BCUT2D eigenvalue weighted by molar-refractivity contribution is 7.92. The highest BCUT2D eigenvalue weighted by Gasteiger charge is 2.27. The van der Waals surface area contributed by atoms with Crippen molar-refractivity contribution in [3.8, 4) is 0 Å². The van der Waals surface area contributed by atoms with Gasteiger partial charge in [0, 0.05) is 17.8 Å². The van der Waals surface area contributed by atoms with E-state index in [2.05, 4.69) is 5.32 Å². The summed E-state index contributed by atoms with van der Waals surface area (Å²) in [6, 6.07) is 20.0. The summed E-state index contributed by atoms with van der Waals surface area (Å²) in [5.74, 6) is -0.529. The molecule has 0 radical (unpaired) electrons. The summed E-state index contributed by atoms with van der Waals surface area (Å²) in [4.78, 5) is 23.2. The highest BCUT2D eigenvalue weighted by atomic mass is 32.2. The van der Waals surface area contributed by atoms with Crippen molar-refractivity contribution in [3.05, 3.63) is 94.5 Å². The van der Waals surface area contributed by atoms with Crippen molar-refractivity contribution in [1.82, 2.24) is 0 Å². The molecule has 3 aromatic rings. The van der Waals surface area contributed by atoms with Crippen LogP contribution in [0, 0.1) is 10.1 Å². The summed E-state index contributed by atoms with van der Waals surface area (Å²) < 4.78 is 27.5. The van der Waals surface area contributed by atoms with Crippen LogP contribution >= 0.6 is 0 Å². The molecule has 0 heterocycles. The zero-order valence-electron chi connectivity index (χ0n) is 16.8. The van der Waals surface area contributed by atoms with Crippen LogP contribution in [-0.4, -0.2) is 25.8 Å². The summed E-state index contributed by atoms with van der Waals surface area (Å²) in [6.07, 6.45) is 0.699. The van der Waals surface area contributed by atoms with E-state index in [1.807, 2.05) is 19.1 Å². The number of nitro benzene ring substituents is 1. The lowest BCUT2D eigenvalue weighted by Crippen LogP contribution is -2.38. The van der Waals surface area contributed by atoms with Crippen LogP contribution in [0.2, 0.25) is 0 Å². The first kappa shape index (κ1) is 22.0. The number of anilines is 2. The molecule has 8 nitrogen and oxygen atoms in total. The number of hydrogen-bond acceptors (Lipinski definition) is 5. The van der Waals surface area contributed by atoms with E-state index in [1.54, 1.807) is 30.3 Å². The molecule has 0 aliphatic heterocycles. The summed E-state index contributed by atoms with van der Waals surface area (Å²) in [7, 11) is -4.09. The number of non-ortho nitro benzene ring substituents is 1. The summed E-state index contributed by atoms with van der Waals surface area (Å²) in [5.41, 5.74) is 1.50. The van der Waals surface area contributed by atoms with Crippen LogP contribution in [0.15, 0.2) is 83.8 Å². The number of aryl methyl sites for hydroxylation is 1. The maximum Gasteiger partial charge on any atom is 0.269 e. The van der Waals surface area contributed by atoms with Gasteiger partial charge in [-0.25, -0.2) is 8.42 Å². The first-order chi connectivity index (χ1) is 14.8. The molecule has 0 atom stereocenters. The van der Waals surface area contributed by atoms with Crippen molar-refractivity contribution >= 4 is 33.0 Å². The molecule has 0 saturated heterocycles. The van der Waals surface area contributed by atoms with Gasteiger partial charge in [0.2, 0.25) is 5.91 Å². The van der Waals surface area contributed by atoms with Crippen LogP contribution in [0.1, 0.15) is 12.5 Å². The molecule has 3 aromatic carbocycles. The number of nitro groups is 1. The smallest absolute Gasteiger partial charge is 0.269 e. The van der Waals surface area contributed by atoms with Crippen LogP contribution in [0.5, 0.6) is 0 Å². The van der Waals surface area contributed by atoms with Gasteiger partial charge in [-0.3, -0.25) is 19.2 Å². The molecule has 9 heteroatoms. The monoisotopic (exact) mass is 439 g/mol. The Morgan fingerprint density at radius 2 is 1.58 bits per heavy atom. The molecule has 0 aromatic heterocycles. The van der Waals surface area contributed by atoms with Gasteiger partial charge in [0.15, 0.2) is 0 Å². The van der Waals surface area contributed by atoms with E-state index in [9.17, 15) is 23.3 Å². The number of amides is 1. The highest BCUT2D eigenvalue weighted by Crippen LogP contribution is 2.26. The number of hydrogen-bond donors (Lipinski definition) is 1. The molecule has 0 saturated carbocycles.